The summed E-state index contributed by atoms with van der Waals surface area (Å²) in [6.45, 7) is 10.1. The Morgan fingerprint density at radius 2 is 2.00 bits per heavy atom. The average Bonchev–Trinajstić information content (AvgIpc) is 2.76. The molecule has 7 nitrogen and oxygen atoms in total. The second-order valence-electron chi connectivity index (χ2n) is 5.97. The van der Waals surface area contributed by atoms with Crippen molar-refractivity contribution in [2.75, 3.05) is 13.2 Å². The first-order chi connectivity index (χ1) is 10.8. The highest BCUT2D eigenvalue weighted by Crippen LogP contribution is 2.12. The molecule has 1 aromatic heterocycles. The van der Waals surface area contributed by atoms with Crippen LogP contribution in [0.1, 0.15) is 44.2 Å². The number of rotatable bonds is 8. The molecule has 2 amide bonds. The van der Waals surface area contributed by atoms with Crippen molar-refractivity contribution in [3.63, 3.8) is 0 Å². The number of nitrogens with zero attached hydrogens (tertiary/aromatic N) is 1. The fourth-order valence-electron chi connectivity index (χ4n) is 2.32. The molecule has 130 valence electrons. The lowest BCUT2D eigenvalue weighted by molar-refractivity contribution is -0.120. The molecule has 1 aromatic rings. The van der Waals surface area contributed by atoms with Crippen LogP contribution in [0.25, 0.3) is 0 Å². The number of amides is 2. The number of alkyl carbamates (subject to hydrolysis) is 1. The fraction of sp³-hybridized carbons (Fsp3) is 0.688. The highest BCUT2D eigenvalue weighted by molar-refractivity contribution is 5.79. The summed E-state index contributed by atoms with van der Waals surface area (Å²) >= 11 is 0. The Morgan fingerprint density at radius 1 is 1.30 bits per heavy atom. The van der Waals surface area contributed by atoms with E-state index in [1.807, 2.05) is 6.92 Å². The monoisotopic (exact) mass is 325 g/mol. The normalized spacial score (nSPS) is 12.1. The van der Waals surface area contributed by atoms with Gasteiger partial charge in [0.15, 0.2) is 0 Å². The van der Waals surface area contributed by atoms with Crippen LogP contribution in [-0.2, 0) is 16.0 Å². The third-order valence-corrected chi connectivity index (χ3v) is 3.42. The molecule has 2 N–H and O–H groups in total. The summed E-state index contributed by atoms with van der Waals surface area (Å²) < 4.78 is 9.94. The Labute approximate surface area is 137 Å². The molecule has 0 saturated carbocycles. The van der Waals surface area contributed by atoms with Crippen molar-refractivity contribution < 1.29 is 18.8 Å². The number of aromatic nitrogens is 1. The van der Waals surface area contributed by atoms with E-state index in [9.17, 15) is 9.59 Å². The maximum atomic E-state index is 12.1. The number of hydrogen-bond donors (Lipinski definition) is 2. The Balaban J connectivity index is 2.52. The van der Waals surface area contributed by atoms with E-state index in [1.54, 1.807) is 13.8 Å². The summed E-state index contributed by atoms with van der Waals surface area (Å²) in [5.41, 5.74) is 1.53. The van der Waals surface area contributed by atoms with Gasteiger partial charge in [-0.2, -0.15) is 0 Å². The molecule has 0 radical (unpaired) electrons. The number of carbonyl (C=O) groups excluding carboxylic acids is 2. The Kier molecular flexibility index (Phi) is 7.57. The van der Waals surface area contributed by atoms with Gasteiger partial charge in [0.05, 0.1) is 18.7 Å². The molecule has 7 heteroatoms. The van der Waals surface area contributed by atoms with Crippen LogP contribution in [0.15, 0.2) is 4.52 Å². The van der Waals surface area contributed by atoms with Gasteiger partial charge in [0.2, 0.25) is 5.91 Å². The van der Waals surface area contributed by atoms with E-state index < -0.39 is 6.09 Å². The summed E-state index contributed by atoms with van der Waals surface area (Å²) in [5.74, 6) is 0.918. The molecule has 0 spiro atoms. The largest absolute Gasteiger partial charge is 0.450 e. The van der Waals surface area contributed by atoms with Gasteiger partial charge in [-0.25, -0.2) is 4.79 Å². The van der Waals surface area contributed by atoms with Gasteiger partial charge in [-0.05, 0) is 33.1 Å². The van der Waals surface area contributed by atoms with Crippen LogP contribution in [0.5, 0.6) is 0 Å². The Hall–Kier alpha value is -2.05. The SMILES string of the molecule is CCOC(=O)NC(CNC(=O)Cc1c(C)noc1C)CC(C)C. The fourth-order valence-corrected chi connectivity index (χ4v) is 2.32. The van der Waals surface area contributed by atoms with Crippen molar-refractivity contribution in [1.29, 1.82) is 0 Å². The zero-order valence-electron chi connectivity index (χ0n) is 14.6. The highest BCUT2D eigenvalue weighted by atomic mass is 16.5. The standard InChI is InChI=1S/C16H27N3O4/c1-6-22-16(21)18-13(7-10(2)3)9-17-15(20)8-14-11(4)19-23-12(14)5/h10,13H,6-9H2,1-5H3,(H,17,20)(H,18,21). The number of ether oxygens (including phenoxy) is 1. The van der Waals surface area contributed by atoms with Gasteiger partial charge >= 0.3 is 6.09 Å². The van der Waals surface area contributed by atoms with E-state index in [-0.39, 0.29) is 18.4 Å². The molecule has 1 rings (SSSR count). The molecule has 23 heavy (non-hydrogen) atoms. The van der Waals surface area contributed by atoms with Crippen LogP contribution in [0.4, 0.5) is 4.79 Å². The molecule has 0 aliphatic heterocycles. The molecule has 0 fully saturated rings. The molecule has 1 heterocycles. The minimum atomic E-state index is -0.460. The second kappa shape index (κ2) is 9.17. The van der Waals surface area contributed by atoms with Gasteiger partial charge < -0.3 is 19.9 Å². The molecule has 0 aliphatic carbocycles. The van der Waals surface area contributed by atoms with Crippen LogP contribution in [0, 0.1) is 19.8 Å². The topological polar surface area (TPSA) is 93.5 Å². The summed E-state index contributed by atoms with van der Waals surface area (Å²) in [5, 5.41) is 9.46. The lowest BCUT2D eigenvalue weighted by atomic mass is 10.0. The van der Waals surface area contributed by atoms with E-state index >= 15 is 0 Å². The van der Waals surface area contributed by atoms with Crippen LogP contribution in [0.2, 0.25) is 0 Å². The van der Waals surface area contributed by atoms with Crippen LogP contribution >= 0.6 is 0 Å². The highest BCUT2D eigenvalue weighted by Gasteiger charge is 2.17. The Morgan fingerprint density at radius 3 is 2.52 bits per heavy atom. The Bertz CT molecular complexity index is 506. The van der Waals surface area contributed by atoms with Crippen LogP contribution in [0.3, 0.4) is 0 Å². The first kappa shape index (κ1) is 19.0. The molecule has 0 saturated heterocycles. The van der Waals surface area contributed by atoms with Crippen molar-refractivity contribution in [3.8, 4) is 0 Å². The third kappa shape index (κ3) is 6.71. The van der Waals surface area contributed by atoms with Gasteiger partial charge in [0.25, 0.3) is 0 Å². The van der Waals surface area contributed by atoms with Gasteiger partial charge in [0.1, 0.15) is 5.76 Å². The summed E-state index contributed by atoms with van der Waals surface area (Å²) in [6.07, 6.45) is 0.512. The van der Waals surface area contributed by atoms with E-state index in [2.05, 4.69) is 29.6 Å². The van der Waals surface area contributed by atoms with E-state index in [0.29, 0.717) is 24.8 Å². The molecule has 0 aromatic carbocycles. The number of aryl methyl sites for hydroxylation is 2. The van der Waals surface area contributed by atoms with Crippen molar-refractivity contribution in [1.82, 2.24) is 15.8 Å². The van der Waals surface area contributed by atoms with Gasteiger partial charge in [-0.15, -0.1) is 0 Å². The molecule has 0 bridgehead atoms. The van der Waals surface area contributed by atoms with Gasteiger partial charge in [-0.3, -0.25) is 4.79 Å². The zero-order valence-corrected chi connectivity index (χ0v) is 14.6. The lowest BCUT2D eigenvalue weighted by Gasteiger charge is -2.20. The summed E-state index contributed by atoms with van der Waals surface area (Å²) in [7, 11) is 0. The summed E-state index contributed by atoms with van der Waals surface area (Å²) in [6, 6.07) is -0.164. The first-order valence-corrected chi connectivity index (χ1v) is 7.95. The van der Waals surface area contributed by atoms with Gasteiger partial charge in [0, 0.05) is 18.2 Å². The third-order valence-electron chi connectivity index (χ3n) is 3.42. The maximum Gasteiger partial charge on any atom is 0.407 e. The molecule has 1 unspecified atom stereocenters. The van der Waals surface area contributed by atoms with E-state index in [4.69, 9.17) is 9.26 Å². The lowest BCUT2D eigenvalue weighted by Crippen LogP contribution is -2.45. The van der Waals surface area contributed by atoms with E-state index in [0.717, 1.165) is 17.7 Å². The zero-order chi connectivity index (χ0) is 17.4. The number of nitrogens with one attached hydrogen (secondary N) is 2. The predicted octanol–water partition coefficient (Wildman–Crippen LogP) is 2.11. The average molecular weight is 325 g/mol. The van der Waals surface area contributed by atoms with Crippen LogP contribution in [-0.4, -0.2) is 36.4 Å². The van der Waals surface area contributed by atoms with Crippen molar-refractivity contribution in [3.05, 3.63) is 17.0 Å². The van der Waals surface area contributed by atoms with Crippen molar-refractivity contribution in [2.24, 2.45) is 5.92 Å². The maximum absolute atomic E-state index is 12.1. The van der Waals surface area contributed by atoms with Crippen molar-refractivity contribution >= 4 is 12.0 Å². The summed E-state index contributed by atoms with van der Waals surface area (Å²) in [4.78, 5) is 23.7. The minimum Gasteiger partial charge on any atom is -0.450 e. The first-order valence-electron chi connectivity index (χ1n) is 7.95. The minimum absolute atomic E-state index is 0.126. The second-order valence-corrected chi connectivity index (χ2v) is 5.97. The van der Waals surface area contributed by atoms with Gasteiger partial charge in [-0.1, -0.05) is 19.0 Å². The molecular formula is C16H27N3O4. The smallest absolute Gasteiger partial charge is 0.407 e. The molecule has 1 atom stereocenters. The molecular weight excluding hydrogens is 298 g/mol. The number of carbonyl (C=O) groups is 2. The molecule has 0 aliphatic rings. The number of hydrogen-bond acceptors (Lipinski definition) is 5. The van der Waals surface area contributed by atoms with E-state index in [1.165, 1.54) is 0 Å². The van der Waals surface area contributed by atoms with Crippen molar-refractivity contribution in [2.45, 2.75) is 53.5 Å². The predicted molar refractivity (Wildman–Crippen MR) is 86.1 cm³/mol. The quantitative estimate of drug-likeness (QED) is 0.763. The van der Waals surface area contributed by atoms with Crippen LogP contribution < -0.4 is 10.6 Å².